The number of carbonyl (C=O) groups is 4. The van der Waals surface area contributed by atoms with Crippen molar-refractivity contribution in [2.75, 3.05) is 5.32 Å². The third-order valence-electron chi connectivity index (χ3n) is 6.18. The van der Waals surface area contributed by atoms with Crippen LogP contribution in [0.2, 0.25) is 0 Å². The maximum absolute atomic E-state index is 13.9. The molecule has 0 bridgehead atoms. The third kappa shape index (κ3) is 3.74. The number of allylic oxidation sites excluding steroid dienone is 2. The molecule has 4 rings (SSSR count). The molecular weight excluding hydrogens is 503 g/mol. The van der Waals surface area contributed by atoms with Gasteiger partial charge >= 0.3 is 12.1 Å². The number of halogens is 4. The van der Waals surface area contributed by atoms with Crippen LogP contribution in [0.1, 0.15) is 50.8 Å². The number of anilines is 1. The average molecular weight is 520 g/mol. The molecule has 5 nitrogen and oxygen atoms in total. The summed E-state index contributed by atoms with van der Waals surface area (Å²) in [6.45, 7) is 1.82. The zero-order valence-corrected chi connectivity index (χ0v) is 18.8. The summed E-state index contributed by atoms with van der Waals surface area (Å²) in [6.07, 6.45) is -3.15. The van der Waals surface area contributed by atoms with Gasteiger partial charge in [-0.1, -0.05) is 51.8 Å². The lowest BCUT2D eigenvalue weighted by molar-refractivity contribution is -0.167. The molecule has 2 aromatic carbocycles. The van der Waals surface area contributed by atoms with Crippen molar-refractivity contribution in [3.63, 3.8) is 0 Å². The molecule has 0 heterocycles. The van der Waals surface area contributed by atoms with Crippen LogP contribution in [-0.2, 0) is 4.79 Å². The topological polar surface area (TPSA) is 80.3 Å². The summed E-state index contributed by atoms with van der Waals surface area (Å²) in [5.74, 6) is -4.61. The fraction of sp³-hybridized carbons (Fsp3) is 0.250. The van der Waals surface area contributed by atoms with Gasteiger partial charge in [-0.25, -0.2) is 0 Å². The van der Waals surface area contributed by atoms with Crippen molar-refractivity contribution in [1.29, 1.82) is 0 Å². The highest BCUT2D eigenvalue weighted by molar-refractivity contribution is 9.10. The van der Waals surface area contributed by atoms with E-state index in [4.69, 9.17) is 0 Å². The Morgan fingerprint density at radius 1 is 1.09 bits per heavy atom. The minimum Gasteiger partial charge on any atom is -0.318 e. The van der Waals surface area contributed by atoms with Gasteiger partial charge in [0.2, 0.25) is 0 Å². The summed E-state index contributed by atoms with van der Waals surface area (Å²) in [4.78, 5) is 52.3. The lowest BCUT2D eigenvalue weighted by Gasteiger charge is -2.43. The molecule has 2 atom stereocenters. The first kappa shape index (κ1) is 23.1. The number of fused-ring (bicyclic) bond motifs is 2. The summed E-state index contributed by atoms with van der Waals surface area (Å²) in [6, 6.07) is 9.92. The molecule has 0 radical (unpaired) electrons. The van der Waals surface area contributed by atoms with Crippen molar-refractivity contribution in [3.05, 3.63) is 75.3 Å². The van der Waals surface area contributed by atoms with E-state index in [0.29, 0.717) is 0 Å². The van der Waals surface area contributed by atoms with Crippen LogP contribution in [0.25, 0.3) is 0 Å². The summed E-state index contributed by atoms with van der Waals surface area (Å²) in [5, 5.41) is 1.72. The van der Waals surface area contributed by atoms with E-state index < -0.39 is 35.0 Å². The maximum Gasteiger partial charge on any atom is 0.471 e. The molecule has 2 aliphatic carbocycles. The van der Waals surface area contributed by atoms with Crippen LogP contribution in [-0.4, -0.2) is 29.4 Å². The summed E-state index contributed by atoms with van der Waals surface area (Å²) in [7, 11) is 0. The van der Waals surface area contributed by atoms with Crippen LogP contribution in [0.5, 0.6) is 0 Å². The van der Waals surface area contributed by atoms with Gasteiger partial charge in [-0.3, -0.25) is 19.2 Å². The van der Waals surface area contributed by atoms with Crippen molar-refractivity contribution in [2.24, 2.45) is 11.3 Å². The first-order valence-corrected chi connectivity index (χ1v) is 10.8. The normalized spacial score (nSPS) is 22.2. The highest BCUT2D eigenvalue weighted by Gasteiger charge is 2.59. The minimum atomic E-state index is -5.11. The maximum atomic E-state index is 13.9. The Morgan fingerprint density at radius 2 is 1.76 bits per heavy atom. The van der Waals surface area contributed by atoms with E-state index in [1.807, 2.05) is 6.92 Å². The van der Waals surface area contributed by atoms with Gasteiger partial charge in [-0.2, -0.15) is 13.2 Å². The molecule has 0 aliphatic heterocycles. The van der Waals surface area contributed by atoms with Gasteiger partial charge in [0.1, 0.15) is 5.41 Å². The fourth-order valence-electron chi connectivity index (χ4n) is 4.52. The molecule has 2 aromatic rings. The molecule has 1 amide bonds. The van der Waals surface area contributed by atoms with Gasteiger partial charge in [0.05, 0.1) is 0 Å². The quantitative estimate of drug-likeness (QED) is 0.327. The molecule has 33 heavy (non-hydrogen) atoms. The van der Waals surface area contributed by atoms with E-state index in [1.165, 1.54) is 18.2 Å². The Bertz CT molecular complexity index is 1250. The zero-order chi connectivity index (χ0) is 24.1. The smallest absolute Gasteiger partial charge is 0.318 e. The van der Waals surface area contributed by atoms with Gasteiger partial charge in [0.25, 0.3) is 0 Å². The number of rotatable bonds is 3. The second kappa shape index (κ2) is 8.06. The monoisotopic (exact) mass is 519 g/mol. The van der Waals surface area contributed by atoms with E-state index in [1.54, 1.807) is 29.6 Å². The van der Waals surface area contributed by atoms with E-state index in [-0.39, 0.29) is 45.5 Å². The van der Waals surface area contributed by atoms with Gasteiger partial charge in [-0.05, 0) is 38.0 Å². The van der Waals surface area contributed by atoms with Crippen LogP contribution in [0, 0.1) is 11.3 Å². The van der Waals surface area contributed by atoms with Crippen LogP contribution >= 0.6 is 15.9 Å². The van der Waals surface area contributed by atoms with E-state index in [2.05, 4.69) is 15.9 Å². The predicted molar refractivity (Wildman–Crippen MR) is 117 cm³/mol. The van der Waals surface area contributed by atoms with Gasteiger partial charge in [0, 0.05) is 32.8 Å². The highest BCUT2D eigenvalue weighted by Crippen LogP contribution is 2.51. The van der Waals surface area contributed by atoms with Crippen molar-refractivity contribution < 1.29 is 32.3 Å². The average Bonchev–Trinajstić information content (AvgIpc) is 2.77. The van der Waals surface area contributed by atoms with Crippen molar-refractivity contribution in [3.8, 4) is 0 Å². The largest absolute Gasteiger partial charge is 0.471 e. The Kier molecular flexibility index (Phi) is 5.64. The molecule has 170 valence electrons. The van der Waals surface area contributed by atoms with E-state index in [0.717, 1.165) is 11.6 Å². The zero-order valence-electron chi connectivity index (χ0n) is 17.3. The summed E-state index contributed by atoms with van der Waals surface area (Å²) >= 11 is 3.23. The SMILES string of the molecule is CC1=CC[C@]2(C(=O)c3cc(NC(=O)C(F)(F)F)ccc3Br)C(=O)c3ccccc3C(=O)[C@@H]2C1. The summed E-state index contributed by atoms with van der Waals surface area (Å²) < 4.78 is 38.3. The number of alkyl halides is 3. The lowest BCUT2D eigenvalue weighted by Crippen LogP contribution is -2.53. The van der Waals surface area contributed by atoms with Crippen molar-refractivity contribution >= 4 is 44.9 Å². The Labute approximate surface area is 195 Å². The van der Waals surface area contributed by atoms with E-state index >= 15 is 0 Å². The first-order chi connectivity index (χ1) is 15.5. The number of nitrogens with one attached hydrogen (secondary N) is 1. The predicted octanol–water partition coefficient (Wildman–Crippen LogP) is 5.55. The van der Waals surface area contributed by atoms with Gasteiger partial charge in [0.15, 0.2) is 17.3 Å². The molecule has 2 aliphatic rings. The molecule has 0 saturated carbocycles. The number of hydrogen-bond acceptors (Lipinski definition) is 4. The molecule has 0 saturated heterocycles. The standard InChI is InChI=1S/C24H17BrF3NO4/c1-12-8-9-23(17(10-12)19(30)14-4-2-3-5-15(14)20(23)31)21(32)16-11-13(6-7-18(16)25)29-22(33)24(26,27)28/h2-8,11,17H,9-10H2,1H3,(H,29,33)/t17-,23+/m0/s1. The Balaban J connectivity index is 1.84. The minimum absolute atomic E-state index is 0.00712. The number of benzene rings is 2. The van der Waals surface area contributed by atoms with Crippen LogP contribution in [0.3, 0.4) is 0 Å². The second-order valence-corrected chi connectivity index (χ2v) is 9.05. The van der Waals surface area contributed by atoms with Crippen molar-refractivity contribution in [1.82, 2.24) is 0 Å². The molecular formula is C24H17BrF3NO4. The summed E-state index contributed by atoms with van der Waals surface area (Å²) in [5.41, 5.74) is -0.786. The third-order valence-corrected chi connectivity index (χ3v) is 6.88. The van der Waals surface area contributed by atoms with Crippen LogP contribution < -0.4 is 5.32 Å². The fourth-order valence-corrected chi connectivity index (χ4v) is 4.95. The Morgan fingerprint density at radius 3 is 2.42 bits per heavy atom. The molecule has 0 unspecified atom stereocenters. The number of amides is 1. The molecule has 0 aromatic heterocycles. The number of hydrogen-bond donors (Lipinski definition) is 1. The van der Waals surface area contributed by atoms with Gasteiger partial charge in [-0.15, -0.1) is 0 Å². The van der Waals surface area contributed by atoms with Crippen LogP contribution in [0.4, 0.5) is 18.9 Å². The molecule has 1 N–H and O–H groups in total. The van der Waals surface area contributed by atoms with Crippen LogP contribution in [0.15, 0.2) is 58.6 Å². The Hall–Kier alpha value is -3.07. The van der Waals surface area contributed by atoms with Crippen molar-refractivity contribution in [2.45, 2.75) is 25.9 Å². The second-order valence-electron chi connectivity index (χ2n) is 8.20. The van der Waals surface area contributed by atoms with E-state index in [9.17, 15) is 32.3 Å². The first-order valence-electron chi connectivity index (χ1n) is 10.0. The molecule has 0 fully saturated rings. The molecule has 9 heteroatoms. The van der Waals surface area contributed by atoms with Gasteiger partial charge < -0.3 is 5.32 Å². The number of carbonyl (C=O) groups excluding carboxylic acids is 4. The lowest BCUT2D eigenvalue weighted by atomic mass is 9.55. The highest BCUT2D eigenvalue weighted by atomic mass is 79.9. The number of Topliss-reactive ketones (excluding diaryl/α,β-unsaturated/α-hetero) is 3. The number of ketones is 3. The molecule has 0 spiro atoms.